The molecular formula is C13H7FN8O3. The van der Waals surface area contributed by atoms with Crippen LogP contribution in [0.4, 0.5) is 15.8 Å². The molecule has 2 aromatic heterocycles. The van der Waals surface area contributed by atoms with Crippen LogP contribution in [0.1, 0.15) is 26.4 Å². The van der Waals surface area contributed by atoms with Crippen LogP contribution in [-0.2, 0) is 0 Å². The second-order valence-corrected chi connectivity index (χ2v) is 4.73. The first-order valence-electron chi connectivity index (χ1n) is 6.54. The minimum absolute atomic E-state index is 0.0698. The van der Waals surface area contributed by atoms with Crippen LogP contribution in [0, 0.1) is 17.1 Å². The molecule has 0 radical (unpaired) electrons. The van der Waals surface area contributed by atoms with E-state index in [9.17, 15) is 14.0 Å². The quantitative estimate of drug-likeness (QED) is 0.595. The van der Waals surface area contributed by atoms with Crippen LogP contribution < -0.4 is 11.1 Å². The van der Waals surface area contributed by atoms with Crippen LogP contribution in [-0.4, -0.2) is 42.2 Å². The molecule has 1 amide bonds. The summed E-state index contributed by atoms with van der Waals surface area (Å²) < 4.78 is 14.5. The summed E-state index contributed by atoms with van der Waals surface area (Å²) >= 11 is 0. The Morgan fingerprint density at radius 3 is 2.80 bits per heavy atom. The van der Waals surface area contributed by atoms with Gasteiger partial charge in [0.05, 0.1) is 22.5 Å². The van der Waals surface area contributed by atoms with Crippen LogP contribution in [0.5, 0.6) is 0 Å². The van der Waals surface area contributed by atoms with Gasteiger partial charge < -0.3 is 16.2 Å². The van der Waals surface area contributed by atoms with E-state index in [4.69, 9.17) is 16.1 Å². The number of carbonyl (C=O) groups excluding carboxylic acids is 1. The molecule has 0 saturated heterocycles. The SMILES string of the molecule is N#Cc1cc(NC(=O)c2cc(N)c3nnnn3n2)c(C(=O)O)cc1F. The fourth-order valence-corrected chi connectivity index (χ4v) is 2.00. The predicted molar refractivity (Wildman–Crippen MR) is 79.0 cm³/mol. The zero-order valence-electron chi connectivity index (χ0n) is 12.1. The molecule has 0 bridgehead atoms. The van der Waals surface area contributed by atoms with Gasteiger partial charge in [0, 0.05) is 0 Å². The van der Waals surface area contributed by atoms with Gasteiger partial charge in [-0.2, -0.15) is 5.26 Å². The fourth-order valence-electron chi connectivity index (χ4n) is 2.00. The molecule has 124 valence electrons. The first kappa shape index (κ1) is 15.7. The number of nitrogens with two attached hydrogens (primary N) is 1. The zero-order chi connectivity index (χ0) is 18.1. The lowest BCUT2D eigenvalue weighted by molar-refractivity contribution is 0.0697. The van der Waals surface area contributed by atoms with Gasteiger partial charge in [0.2, 0.25) is 5.65 Å². The van der Waals surface area contributed by atoms with Crippen LogP contribution in [0.15, 0.2) is 18.2 Å². The van der Waals surface area contributed by atoms with Gasteiger partial charge in [0.1, 0.15) is 11.9 Å². The van der Waals surface area contributed by atoms with E-state index in [-0.39, 0.29) is 22.7 Å². The Hall–Kier alpha value is -4.14. The highest BCUT2D eigenvalue weighted by molar-refractivity contribution is 6.07. The van der Waals surface area contributed by atoms with Crippen molar-refractivity contribution in [1.82, 2.24) is 25.3 Å². The maximum atomic E-state index is 13.6. The third-order valence-corrected chi connectivity index (χ3v) is 3.15. The molecule has 12 heteroatoms. The topological polar surface area (TPSA) is 172 Å². The van der Waals surface area contributed by atoms with E-state index in [0.717, 1.165) is 10.7 Å². The van der Waals surface area contributed by atoms with E-state index >= 15 is 0 Å². The average molecular weight is 342 g/mol. The second kappa shape index (κ2) is 5.81. The van der Waals surface area contributed by atoms with Crippen molar-refractivity contribution in [3.8, 4) is 6.07 Å². The number of nitrogens with zero attached hydrogens (tertiary/aromatic N) is 6. The summed E-state index contributed by atoms with van der Waals surface area (Å²) in [5.41, 5.74) is 4.48. The van der Waals surface area contributed by atoms with Gasteiger partial charge in [-0.05, 0) is 28.6 Å². The zero-order valence-corrected chi connectivity index (χ0v) is 12.1. The normalized spacial score (nSPS) is 10.4. The van der Waals surface area contributed by atoms with Crippen LogP contribution in [0.25, 0.3) is 5.65 Å². The van der Waals surface area contributed by atoms with Crippen LogP contribution in [0.2, 0.25) is 0 Å². The number of fused-ring (bicyclic) bond motifs is 1. The van der Waals surface area contributed by atoms with Gasteiger partial charge in [-0.15, -0.1) is 14.8 Å². The maximum absolute atomic E-state index is 13.6. The Morgan fingerprint density at radius 1 is 1.36 bits per heavy atom. The molecule has 0 saturated carbocycles. The van der Waals surface area contributed by atoms with Gasteiger partial charge in [-0.3, -0.25) is 4.79 Å². The minimum Gasteiger partial charge on any atom is -0.478 e. The van der Waals surface area contributed by atoms with Crippen molar-refractivity contribution in [3.63, 3.8) is 0 Å². The molecule has 0 unspecified atom stereocenters. The van der Waals surface area contributed by atoms with Crippen molar-refractivity contribution in [2.45, 2.75) is 0 Å². The summed E-state index contributed by atoms with van der Waals surface area (Å²) in [6.45, 7) is 0. The number of carboxylic acids is 1. The summed E-state index contributed by atoms with van der Waals surface area (Å²) in [5, 5.41) is 34.5. The first-order chi connectivity index (χ1) is 11.9. The maximum Gasteiger partial charge on any atom is 0.337 e. The number of nitriles is 1. The predicted octanol–water partition coefficient (Wildman–Crippen LogP) is 0.0628. The Bertz CT molecular complexity index is 1070. The minimum atomic E-state index is -1.48. The Morgan fingerprint density at radius 2 is 2.12 bits per heavy atom. The van der Waals surface area contributed by atoms with Gasteiger partial charge in [0.15, 0.2) is 5.69 Å². The van der Waals surface area contributed by atoms with E-state index in [2.05, 4.69) is 25.9 Å². The van der Waals surface area contributed by atoms with E-state index in [0.29, 0.717) is 6.07 Å². The number of amides is 1. The Kier molecular flexibility index (Phi) is 3.66. The average Bonchev–Trinajstić information content (AvgIpc) is 3.04. The molecule has 0 spiro atoms. The summed E-state index contributed by atoms with van der Waals surface area (Å²) in [4.78, 5) is 23.5. The number of hydrogen-bond donors (Lipinski definition) is 3. The highest BCUT2D eigenvalue weighted by Gasteiger charge is 2.19. The van der Waals surface area contributed by atoms with Crippen molar-refractivity contribution in [2.75, 3.05) is 11.1 Å². The van der Waals surface area contributed by atoms with Crippen LogP contribution in [0.3, 0.4) is 0 Å². The number of carbonyl (C=O) groups is 2. The standard InChI is InChI=1S/C13H7FN8O3/c14-7-2-6(13(24)25)9(1-5(7)4-15)17-12(23)10-3-8(16)11-18-20-21-22(11)19-10/h1-3H,16H2,(H,17,23)(H,24,25). The molecule has 0 atom stereocenters. The highest BCUT2D eigenvalue weighted by atomic mass is 19.1. The van der Waals surface area contributed by atoms with Crippen molar-refractivity contribution in [2.24, 2.45) is 0 Å². The summed E-state index contributed by atoms with van der Waals surface area (Å²) in [5.74, 6) is -3.35. The smallest absolute Gasteiger partial charge is 0.337 e. The van der Waals surface area contributed by atoms with E-state index in [1.807, 2.05) is 0 Å². The number of anilines is 2. The van der Waals surface area contributed by atoms with Gasteiger partial charge in [-0.25, -0.2) is 9.18 Å². The van der Waals surface area contributed by atoms with E-state index in [1.165, 1.54) is 6.07 Å². The molecule has 3 rings (SSSR count). The lowest BCUT2D eigenvalue weighted by atomic mass is 10.1. The van der Waals surface area contributed by atoms with Gasteiger partial charge in [0.25, 0.3) is 5.91 Å². The summed E-state index contributed by atoms with van der Waals surface area (Å²) in [7, 11) is 0. The number of halogens is 1. The number of tetrazole rings is 1. The van der Waals surface area contributed by atoms with Crippen molar-refractivity contribution in [1.29, 1.82) is 5.26 Å². The molecule has 11 nitrogen and oxygen atoms in total. The lowest BCUT2D eigenvalue weighted by Gasteiger charge is -2.09. The lowest BCUT2D eigenvalue weighted by Crippen LogP contribution is -2.18. The molecule has 25 heavy (non-hydrogen) atoms. The Labute approximate surface area is 137 Å². The van der Waals surface area contributed by atoms with Crippen molar-refractivity contribution in [3.05, 3.63) is 40.8 Å². The third kappa shape index (κ3) is 2.77. The molecule has 0 aliphatic carbocycles. The molecule has 0 aliphatic heterocycles. The summed E-state index contributed by atoms with van der Waals surface area (Å²) in [6.07, 6.45) is 0. The molecule has 1 aromatic carbocycles. The molecule has 0 aliphatic rings. The number of rotatable bonds is 3. The largest absolute Gasteiger partial charge is 0.478 e. The van der Waals surface area contributed by atoms with Crippen LogP contribution >= 0.6 is 0 Å². The number of carboxylic acid groups (broad SMARTS) is 1. The Balaban J connectivity index is 2.02. The van der Waals surface area contributed by atoms with Crippen molar-refractivity contribution >= 4 is 28.9 Å². The first-order valence-corrected chi connectivity index (χ1v) is 6.54. The number of nitrogen functional groups attached to an aromatic ring is 1. The molecule has 3 aromatic rings. The monoisotopic (exact) mass is 342 g/mol. The van der Waals surface area contributed by atoms with E-state index in [1.54, 1.807) is 6.07 Å². The van der Waals surface area contributed by atoms with Gasteiger partial charge in [-0.1, -0.05) is 0 Å². The highest BCUT2D eigenvalue weighted by Crippen LogP contribution is 2.22. The number of hydrogen-bond acceptors (Lipinski definition) is 8. The molecule has 2 heterocycles. The number of nitrogens with one attached hydrogen (secondary N) is 1. The third-order valence-electron chi connectivity index (χ3n) is 3.15. The van der Waals surface area contributed by atoms with Crippen molar-refractivity contribution < 1.29 is 19.1 Å². The molecule has 0 fully saturated rings. The molecule has 4 N–H and O–H groups in total. The summed E-state index contributed by atoms with van der Waals surface area (Å²) in [6, 6.07) is 4.30. The number of aromatic nitrogens is 5. The second-order valence-electron chi connectivity index (χ2n) is 4.73. The fraction of sp³-hybridized carbons (Fsp3) is 0. The van der Waals surface area contributed by atoms with E-state index < -0.39 is 28.8 Å². The van der Waals surface area contributed by atoms with Gasteiger partial charge >= 0.3 is 5.97 Å². The number of aromatic carboxylic acids is 1. The molecular weight excluding hydrogens is 335 g/mol. The number of benzene rings is 1.